The quantitative estimate of drug-likeness (QED) is 0.256. The second-order valence-electron chi connectivity index (χ2n) is 10.5. The molecule has 0 spiro atoms. The molecule has 4 aromatic rings. The van der Waals surface area contributed by atoms with Gasteiger partial charge in [-0.05, 0) is 66.8 Å². The number of anilines is 2. The van der Waals surface area contributed by atoms with E-state index in [1.807, 2.05) is 36.4 Å². The second-order valence-corrected chi connectivity index (χ2v) is 12.5. The Morgan fingerprint density at radius 3 is 2.38 bits per heavy atom. The zero-order chi connectivity index (χ0) is 27.7. The van der Waals surface area contributed by atoms with Crippen molar-refractivity contribution in [3.63, 3.8) is 0 Å². The summed E-state index contributed by atoms with van der Waals surface area (Å²) in [4.78, 5) is 6.48. The maximum atomic E-state index is 14.3. The van der Waals surface area contributed by atoms with Gasteiger partial charge in [0.15, 0.2) is 0 Å². The fourth-order valence-corrected chi connectivity index (χ4v) is 7.60. The molecule has 1 saturated carbocycles. The van der Waals surface area contributed by atoms with Crippen LogP contribution in [0.3, 0.4) is 0 Å². The minimum absolute atomic E-state index is 0.185. The van der Waals surface area contributed by atoms with Crippen LogP contribution in [0.15, 0.2) is 96.2 Å². The number of para-hydroxylation sites is 1. The molecular weight excluding hydrogens is 525 g/mol. The lowest BCUT2D eigenvalue weighted by Gasteiger charge is -2.36. The average molecular weight is 558 g/mol. The Balaban J connectivity index is 1.58. The smallest absolute Gasteiger partial charge is 0.245 e. The van der Waals surface area contributed by atoms with Gasteiger partial charge in [-0.25, -0.2) is 12.8 Å². The van der Waals surface area contributed by atoms with Gasteiger partial charge in [0, 0.05) is 43.1 Å². The summed E-state index contributed by atoms with van der Waals surface area (Å²) in [6.07, 6.45) is 8.72. The van der Waals surface area contributed by atoms with Crippen LogP contribution in [0.4, 0.5) is 15.8 Å². The van der Waals surface area contributed by atoms with Crippen molar-refractivity contribution in [1.82, 2.24) is 9.29 Å². The van der Waals surface area contributed by atoms with Crippen LogP contribution in [0.25, 0.3) is 11.1 Å². The number of hydrogen-bond acceptors (Lipinski definition) is 5. The number of ether oxygens (including phenoxy) is 1. The van der Waals surface area contributed by atoms with Gasteiger partial charge in [-0.15, -0.1) is 0 Å². The predicted octanol–water partition coefficient (Wildman–Crippen LogP) is 7.40. The molecule has 2 aliphatic rings. The van der Waals surface area contributed by atoms with Crippen LogP contribution in [0, 0.1) is 11.7 Å². The minimum atomic E-state index is -3.88. The monoisotopic (exact) mass is 557 g/mol. The van der Waals surface area contributed by atoms with Crippen molar-refractivity contribution in [1.29, 1.82) is 0 Å². The number of aromatic nitrogens is 1. The van der Waals surface area contributed by atoms with Gasteiger partial charge in [-0.3, -0.25) is 4.98 Å². The molecule has 0 amide bonds. The molecule has 0 unspecified atom stereocenters. The number of likely N-dealkylation sites (N-methyl/N-ethyl adjacent to an activating group) is 1. The first kappa shape index (κ1) is 26.5. The molecule has 0 bridgehead atoms. The SMILES string of the molecule is CN1[C@H](C2CCCCC2)CN(c2ccccc2)c2cc(Oc3cccnc3)c(-c3ccc(F)cc3)cc2S1(=O)=O. The summed E-state index contributed by atoms with van der Waals surface area (Å²) in [6, 6.07) is 22.8. The normalized spacial score (nSPS) is 19.6. The summed E-state index contributed by atoms with van der Waals surface area (Å²) in [6.45, 7) is 0.527. The zero-order valence-corrected chi connectivity index (χ0v) is 23.2. The molecule has 1 atom stereocenters. The van der Waals surface area contributed by atoms with E-state index in [0.29, 0.717) is 34.9 Å². The van der Waals surface area contributed by atoms with E-state index in [4.69, 9.17) is 4.74 Å². The predicted molar refractivity (Wildman–Crippen MR) is 155 cm³/mol. The van der Waals surface area contributed by atoms with Gasteiger partial charge < -0.3 is 9.64 Å². The maximum Gasteiger partial charge on any atom is 0.245 e. The number of rotatable bonds is 5. The van der Waals surface area contributed by atoms with Gasteiger partial charge in [0.25, 0.3) is 0 Å². The van der Waals surface area contributed by atoms with Crippen LogP contribution in [0.1, 0.15) is 32.1 Å². The third-order valence-corrected chi connectivity index (χ3v) is 10.0. The molecule has 1 aliphatic carbocycles. The first-order valence-electron chi connectivity index (χ1n) is 13.7. The fraction of sp³-hybridized carbons (Fsp3) is 0.281. The van der Waals surface area contributed by atoms with Crippen LogP contribution in [0.5, 0.6) is 11.5 Å². The highest BCUT2D eigenvalue weighted by Gasteiger charge is 2.41. The van der Waals surface area contributed by atoms with Gasteiger partial charge in [-0.2, -0.15) is 4.31 Å². The van der Waals surface area contributed by atoms with E-state index in [1.165, 1.54) is 18.6 Å². The molecule has 8 heteroatoms. The van der Waals surface area contributed by atoms with Gasteiger partial charge >= 0.3 is 0 Å². The van der Waals surface area contributed by atoms with Gasteiger partial charge in [0.05, 0.1) is 11.9 Å². The molecule has 3 aromatic carbocycles. The molecule has 2 heterocycles. The van der Waals surface area contributed by atoms with Crippen LogP contribution in [0.2, 0.25) is 0 Å². The van der Waals surface area contributed by atoms with Gasteiger partial charge in [0.1, 0.15) is 22.2 Å². The van der Waals surface area contributed by atoms with E-state index >= 15 is 0 Å². The highest BCUT2D eigenvalue weighted by Crippen LogP contribution is 2.46. The summed E-state index contributed by atoms with van der Waals surface area (Å²) in [5, 5.41) is 0. The summed E-state index contributed by atoms with van der Waals surface area (Å²) >= 11 is 0. The second kappa shape index (κ2) is 11.0. The van der Waals surface area contributed by atoms with Gasteiger partial charge in [0.2, 0.25) is 10.0 Å². The van der Waals surface area contributed by atoms with E-state index in [-0.39, 0.29) is 22.7 Å². The Morgan fingerprint density at radius 2 is 1.68 bits per heavy atom. The number of sulfonamides is 1. The first-order chi connectivity index (χ1) is 19.4. The van der Waals surface area contributed by atoms with E-state index in [1.54, 1.807) is 54.1 Å². The highest BCUT2D eigenvalue weighted by molar-refractivity contribution is 7.89. The number of benzene rings is 3. The van der Waals surface area contributed by atoms with Crippen molar-refractivity contribution >= 4 is 21.4 Å². The van der Waals surface area contributed by atoms with E-state index in [2.05, 4.69) is 9.88 Å². The van der Waals surface area contributed by atoms with Crippen molar-refractivity contribution in [3.05, 3.63) is 97.1 Å². The van der Waals surface area contributed by atoms with Gasteiger partial charge in [-0.1, -0.05) is 49.6 Å². The molecule has 0 N–H and O–H groups in total. The largest absolute Gasteiger partial charge is 0.455 e. The molecule has 6 rings (SSSR count). The van der Waals surface area contributed by atoms with E-state index in [9.17, 15) is 12.8 Å². The van der Waals surface area contributed by atoms with Crippen LogP contribution < -0.4 is 9.64 Å². The molecule has 6 nitrogen and oxygen atoms in total. The summed E-state index contributed by atoms with van der Waals surface area (Å²) in [5.74, 6) is 0.891. The highest BCUT2D eigenvalue weighted by atomic mass is 32.2. The fourth-order valence-electron chi connectivity index (χ4n) is 5.99. The first-order valence-corrected chi connectivity index (χ1v) is 15.2. The summed E-state index contributed by atoms with van der Waals surface area (Å²) < 4.78 is 50.5. The number of hydrogen-bond donors (Lipinski definition) is 0. The molecule has 0 radical (unpaired) electrons. The van der Waals surface area contributed by atoms with Crippen LogP contribution in [-0.4, -0.2) is 37.3 Å². The third kappa shape index (κ3) is 5.09. The van der Waals surface area contributed by atoms with Crippen molar-refractivity contribution in [2.45, 2.75) is 43.0 Å². The Hall–Kier alpha value is -3.75. The number of fused-ring (bicyclic) bond motifs is 1. The molecule has 206 valence electrons. The van der Waals surface area contributed by atoms with Crippen LogP contribution >= 0.6 is 0 Å². The Morgan fingerprint density at radius 1 is 0.925 bits per heavy atom. The standard InChI is InChI=1S/C32H32FN3O3S/c1-35-30(24-9-4-2-5-10-24)22-36(26-11-6-3-7-12-26)29-20-31(39-27-13-8-18-34-21-27)28(19-32(29)40(35,37)38)23-14-16-25(33)17-15-23/h3,6-8,11-21,24,30H,2,4-5,9-10,22H2,1H3/t30-/m0/s1. The Bertz CT molecular complexity index is 1580. The molecule has 1 aliphatic heterocycles. The molecule has 0 saturated heterocycles. The number of nitrogens with zero attached hydrogens (tertiary/aromatic N) is 3. The lowest BCUT2D eigenvalue weighted by molar-refractivity contribution is 0.218. The Labute approximate surface area is 235 Å². The third-order valence-electron chi connectivity index (χ3n) is 8.12. The van der Waals surface area contributed by atoms with Crippen molar-refractivity contribution in [3.8, 4) is 22.6 Å². The van der Waals surface area contributed by atoms with Crippen molar-refractivity contribution < 1.29 is 17.5 Å². The summed E-state index contributed by atoms with van der Waals surface area (Å²) in [7, 11) is -2.16. The topological polar surface area (TPSA) is 62.7 Å². The lowest BCUT2D eigenvalue weighted by Crippen LogP contribution is -2.46. The number of pyridine rings is 1. The minimum Gasteiger partial charge on any atom is -0.455 e. The van der Waals surface area contributed by atoms with E-state index in [0.717, 1.165) is 31.4 Å². The molecule has 1 fully saturated rings. The molecule has 40 heavy (non-hydrogen) atoms. The van der Waals surface area contributed by atoms with Crippen molar-refractivity contribution in [2.75, 3.05) is 18.5 Å². The number of halogens is 1. The Kier molecular flexibility index (Phi) is 7.29. The van der Waals surface area contributed by atoms with Crippen LogP contribution in [-0.2, 0) is 10.0 Å². The van der Waals surface area contributed by atoms with Crippen molar-refractivity contribution in [2.24, 2.45) is 5.92 Å². The molecular formula is C32H32FN3O3S. The zero-order valence-electron chi connectivity index (χ0n) is 22.4. The summed E-state index contributed by atoms with van der Waals surface area (Å²) in [5.41, 5.74) is 2.68. The lowest BCUT2D eigenvalue weighted by atomic mass is 9.83. The molecule has 1 aromatic heterocycles. The van der Waals surface area contributed by atoms with E-state index < -0.39 is 10.0 Å². The average Bonchev–Trinajstić information content (AvgIpc) is 3.07. The maximum absolute atomic E-state index is 14.3.